The maximum absolute atomic E-state index is 10.6. The maximum atomic E-state index is 10.6. The van der Waals surface area contributed by atoms with Crippen molar-refractivity contribution in [3.8, 4) is 11.8 Å². The van der Waals surface area contributed by atoms with Gasteiger partial charge in [-0.15, -0.1) is 11.8 Å². The zero-order chi connectivity index (χ0) is 19.1. The van der Waals surface area contributed by atoms with Gasteiger partial charge in [-0.2, -0.15) is 9.97 Å². The Bertz CT molecular complexity index is 866. The Hall–Kier alpha value is -3.06. The molecule has 0 spiro atoms. The summed E-state index contributed by atoms with van der Waals surface area (Å²) in [5.74, 6) is 1.49. The third-order valence-corrected chi connectivity index (χ3v) is 5.05. The number of ether oxygens (including phenoxy) is 2. The molecule has 7 heteroatoms. The third-order valence-electron chi connectivity index (χ3n) is 3.79. The minimum Gasteiger partial charge on any atom is -0.481 e. The first-order valence-electron chi connectivity index (χ1n) is 8.22. The molecule has 1 aromatic heterocycles. The number of nitrogens with one attached hydrogen (secondary N) is 1. The lowest BCUT2D eigenvalue weighted by Crippen LogP contribution is -2.06. The SMILES string of the molecule is COc1cc(OC)nc(C(Sc2ccc(NC=O)cc2)c2ccccc2)n1. The van der Waals surface area contributed by atoms with Gasteiger partial charge in [-0.05, 0) is 29.8 Å². The maximum Gasteiger partial charge on any atom is 0.220 e. The minimum absolute atomic E-state index is 0.153. The first-order chi connectivity index (χ1) is 13.2. The second kappa shape index (κ2) is 9.05. The van der Waals surface area contributed by atoms with Crippen molar-refractivity contribution in [2.45, 2.75) is 10.1 Å². The van der Waals surface area contributed by atoms with Crippen LogP contribution in [0.2, 0.25) is 0 Å². The number of nitrogens with zero attached hydrogens (tertiary/aromatic N) is 2. The van der Waals surface area contributed by atoms with Crippen LogP contribution in [0, 0.1) is 0 Å². The molecule has 0 saturated heterocycles. The van der Waals surface area contributed by atoms with E-state index in [4.69, 9.17) is 9.47 Å². The number of hydrogen-bond donors (Lipinski definition) is 1. The molecule has 1 amide bonds. The van der Waals surface area contributed by atoms with Gasteiger partial charge in [0.25, 0.3) is 0 Å². The number of benzene rings is 2. The molecule has 3 rings (SSSR count). The monoisotopic (exact) mass is 381 g/mol. The van der Waals surface area contributed by atoms with Crippen LogP contribution in [0.5, 0.6) is 11.8 Å². The fraction of sp³-hybridized carbons (Fsp3) is 0.150. The van der Waals surface area contributed by atoms with Gasteiger partial charge in [0.2, 0.25) is 18.2 Å². The van der Waals surface area contributed by atoms with Gasteiger partial charge in [-0.1, -0.05) is 30.3 Å². The smallest absolute Gasteiger partial charge is 0.220 e. The quantitative estimate of drug-likeness (QED) is 0.471. The first kappa shape index (κ1) is 18.7. The summed E-state index contributed by atoms with van der Waals surface area (Å²) in [6.07, 6.45) is 0.658. The van der Waals surface area contributed by atoms with E-state index in [-0.39, 0.29) is 5.25 Å². The molecular formula is C20H19N3O3S. The summed E-state index contributed by atoms with van der Waals surface area (Å²) < 4.78 is 10.6. The molecule has 1 unspecified atom stereocenters. The van der Waals surface area contributed by atoms with Gasteiger partial charge in [-0.3, -0.25) is 4.79 Å². The van der Waals surface area contributed by atoms with E-state index in [1.165, 1.54) is 0 Å². The van der Waals surface area contributed by atoms with Crippen LogP contribution < -0.4 is 14.8 Å². The highest BCUT2D eigenvalue weighted by atomic mass is 32.2. The molecule has 0 bridgehead atoms. The number of rotatable bonds is 8. The summed E-state index contributed by atoms with van der Waals surface area (Å²) in [5, 5.41) is 2.48. The number of hydrogen-bond acceptors (Lipinski definition) is 6. The lowest BCUT2D eigenvalue weighted by Gasteiger charge is -2.17. The van der Waals surface area contributed by atoms with E-state index >= 15 is 0 Å². The second-order valence-corrected chi connectivity index (χ2v) is 6.68. The number of amides is 1. The van der Waals surface area contributed by atoms with Crippen molar-refractivity contribution in [2.24, 2.45) is 0 Å². The van der Waals surface area contributed by atoms with Crippen molar-refractivity contribution in [2.75, 3.05) is 19.5 Å². The Labute approximate surface area is 162 Å². The molecule has 6 nitrogen and oxygen atoms in total. The standard InChI is InChI=1S/C20H19N3O3S/c1-25-17-12-18(26-2)23-20(22-17)19(14-6-4-3-5-7-14)27-16-10-8-15(9-11-16)21-13-24/h3-13,19H,1-2H3,(H,21,24). The van der Waals surface area contributed by atoms with Crippen molar-refractivity contribution in [3.05, 3.63) is 72.1 Å². The summed E-state index contributed by atoms with van der Waals surface area (Å²) in [6, 6.07) is 19.3. The topological polar surface area (TPSA) is 73.3 Å². The van der Waals surface area contributed by atoms with Crippen LogP contribution in [0.4, 0.5) is 5.69 Å². The van der Waals surface area contributed by atoms with Gasteiger partial charge < -0.3 is 14.8 Å². The van der Waals surface area contributed by atoms with Crippen molar-refractivity contribution >= 4 is 23.9 Å². The highest BCUT2D eigenvalue weighted by Gasteiger charge is 2.21. The zero-order valence-corrected chi connectivity index (χ0v) is 15.8. The Kier molecular flexibility index (Phi) is 6.27. The van der Waals surface area contributed by atoms with Gasteiger partial charge in [0, 0.05) is 10.6 Å². The van der Waals surface area contributed by atoms with E-state index in [0.717, 1.165) is 16.1 Å². The number of carbonyl (C=O) groups excluding carboxylic acids is 1. The van der Waals surface area contributed by atoms with Gasteiger partial charge >= 0.3 is 0 Å². The van der Waals surface area contributed by atoms with Gasteiger partial charge in [0.15, 0.2) is 5.82 Å². The van der Waals surface area contributed by atoms with Crippen LogP contribution in [-0.4, -0.2) is 30.6 Å². The first-order valence-corrected chi connectivity index (χ1v) is 9.10. The van der Waals surface area contributed by atoms with Crippen LogP contribution in [0.3, 0.4) is 0 Å². The van der Waals surface area contributed by atoms with E-state index in [2.05, 4.69) is 15.3 Å². The van der Waals surface area contributed by atoms with Crippen molar-refractivity contribution in [1.29, 1.82) is 0 Å². The number of carbonyl (C=O) groups is 1. The largest absolute Gasteiger partial charge is 0.481 e. The zero-order valence-electron chi connectivity index (χ0n) is 15.0. The van der Waals surface area contributed by atoms with E-state index in [9.17, 15) is 4.79 Å². The minimum atomic E-state index is -0.153. The van der Waals surface area contributed by atoms with Crippen molar-refractivity contribution in [3.63, 3.8) is 0 Å². The average molecular weight is 381 g/mol. The molecule has 0 saturated carbocycles. The molecule has 27 heavy (non-hydrogen) atoms. The van der Waals surface area contributed by atoms with Crippen LogP contribution in [0.15, 0.2) is 65.6 Å². The van der Waals surface area contributed by atoms with Gasteiger partial charge in [0.05, 0.1) is 25.5 Å². The lowest BCUT2D eigenvalue weighted by molar-refractivity contribution is -0.105. The summed E-state index contributed by atoms with van der Waals surface area (Å²) in [5.41, 5.74) is 1.80. The molecule has 1 N–H and O–H groups in total. The summed E-state index contributed by atoms with van der Waals surface area (Å²) in [4.78, 5) is 20.6. The molecule has 0 fully saturated rings. The highest BCUT2D eigenvalue weighted by molar-refractivity contribution is 7.99. The predicted molar refractivity (Wildman–Crippen MR) is 105 cm³/mol. The number of aromatic nitrogens is 2. The molecule has 0 radical (unpaired) electrons. The van der Waals surface area contributed by atoms with Gasteiger partial charge in [-0.25, -0.2) is 0 Å². The fourth-order valence-electron chi connectivity index (χ4n) is 2.48. The molecule has 0 aliphatic carbocycles. The summed E-state index contributed by atoms with van der Waals surface area (Å²) in [7, 11) is 3.13. The Morgan fingerprint density at radius 2 is 1.59 bits per heavy atom. The van der Waals surface area contributed by atoms with E-state index in [0.29, 0.717) is 24.0 Å². The van der Waals surface area contributed by atoms with E-state index < -0.39 is 0 Å². The molecule has 0 aliphatic heterocycles. The molecular weight excluding hydrogens is 362 g/mol. The average Bonchev–Trinajstić information content (AvgIpc) is 2.73. The molecule has 1 atom stereocenters. The van der Waals surface area contributed by atoms with Crippen molar-refractivity contribution < 1.29 is 14.3 Å². The molecule has 1 heterocycles. The van der Waals surface area contributed by atoms with Crippen LogP contribution in [-0.2, 0) is 4.79 Å². The van der Waals surface area contributed by atoms with Crippen LogP contribution in [0.1, 0.15) is 16.6 Å². The lowest BCUT2D eigenvalue weighted by atomic mass is 10.1. The van der Waals surface area contributed by atoms with Crippen LogP contribution in [0.25, 0.3) is 0 Å². The van der Waals surface area contributed by atoms with E-state index in [1.54, 1.807) is 32.0 Å². The Morgan fingerprint density at radius 1 is 0.963 bits per heavy atom. The molecule has 138 valence electrons. The van der Waals surface area contributed by atoms with Crippen LogP contribution >= 0.6 is 11.8 Å². The second-order valence-electron chi connectivity index (χ2n) is 5.51. The number of anilines is 1. The Morgan fingerprint density at radius 3 is 2.15 bits per heavy atom. The van der Waals surface area contributed by atoms with Crippen molar-refractivity contribution in [1.82, 2.24) is 9.97 Å². The number of thioether (sulfide) groups is 1. The predicted octanol–water partition coefficient (Wildman–Crippen LogP) is 3.94. The van der Waals surface area contributed by atoms with Gasteiger partial charge in [0.1, 0.15) is 0 Å². The summed E-state index contributed by atoms with van der Waals surface area (Å²) in [6.45, 7) is 0. The fourth-order valence-corrected chi connectivity index (χ4v) is 3.55. The third kappa shape index (κ3) is 4.77. The Balaban J connectivity index is 1.98. The molecule has 2 aromatic carbocycles. The molecule has 3 aromatic rings. The summed E-state index contributed by atoms with van der Waals surface area (Å²) >= 11 is 1.61. The molecule has 0 aliphatic rings. The highest BCUT2D eigenvalue weighted by Crippen LogP contribution is 2.40. The van der Waals surface area contributed by atoms with E-state index in [1.807, 2.05) is 54.6 Å². The number of methoxy groups -OCH3 is 2. The normalized spacial score (nSPS) is 11.5.